The van der Waals surface area contributed by atoms with Gasteiger partial charge in [-0.1, -0.05) is 25.4 Å². The molecule has 0 radical (unpaired) electrons. The van der Waals surface area contributed by atoms with Crippen molar-refractivity contribution >= 4 is 40.7 Å². The van der Waals surface area contributed by atoms with Gasteiger partial charge in [0.1, 0.15) is 11.9 Å². The summed E-state index contributed by atoms with van der Waals surface area (Å²) in [4.78, 5) is 26.3. The molecule has 0 saturated carbocycles. The van der Waals surface area contributed by atoms with Crippen LogP contribution in [0.3, 0.4) is 0 Å². The number of halogens is 2. The van der Waals surface area contributed by atoms with Gasteiger partial charge < -0.3 is 15.5 Å². The van der Waals surface area contributed by atoms with Crippen LogP contribution in [0, 0.1) is 11.8 Å². The lowest BCUT2D eigenvalue weighted by Gasteiger charge is -2.35. The van der Waals surface area contributed by atoms with Crippen LogP contribution in [0.1, 0.15) is 33.1 Å². The zero-order valence-electron chi connectivity index (χ0n) is 16.0. The maximum atomic E-state index is 13.1. The highest BCUT2D eigenvalue weighted by Gasteiger charge is 2.28. The molecule has 5 nitrogen and oxygen atoms in total. The number of alkyl halides is 1. The monoisotopic (exact) mass is 413 g/mol. The number of nitrogens with one attached hydrogen (secondary N) is 2. The fourth-order valence-corrected chi connectivity index (χ4v) is 3.54. The Labute approximate surface area is 171 Å². The third kappa shape index (κ3) is 7.23. The molecule has 150 valence electrons. The van der Waals surface area contributed by atoms with Crippen LogP contribution >= 0.6 is 23.2 Å². The van der Waals surface area contributed by atoms with Crippen LogP contribution in [0.4, 0.5) is 5.69 Å². The fourth-order valence-electron chi connectivity index (χ4n) is 3.32. The van der Waals surface area contributed by atoms with E-state index in [0.29, 0.717) is 23.4 Å². The number of carbonyl (C=O) groups is 2. The quantitative estimate of drug-likeness (QED) is 0.637. The number of benzene rings is 1. The van der Waals surface area contributed by atoms with E-state index in [-0.39, 0.29) is 23.7 Å². The van der Waals surface area contributed by atoms with E-state index in [1.807, 2.05) is 29.2 Å². The molecular formula is C20H29Cl2N3O2. The summed E-state index contributed by atoms with van der Waals surface area (Å²) < 4.78 is 0. The van der Waals surface area contributed by atoms with Gasteiger partial charge in [-0.05, 0) is 55.4 Å². The van der Waals surface area contributed by atoms with Crippen LogP contribution in [0.2, 0.25) is 5.02 Å². The van der Waals surface area contributed by atoms with Gasteiger partial charge in [-0.3, -0.25) is 9.59 Å². The molecule has 0 aliphatic carbocycles. The Bertz CT molecular complexity index is 614. The van der Waals surface area contributed by atoms with Gasteiger partial charge >= 0.3 is 0 Å². The zero-order chi connectivity index (χ0) is 19.8. The van der Waals surface area contributed by atoms with Crippen LogP contribution in [0.25, 0.3) is 0 Å². The number of amides is 2. The molecule has 2 amide bonds. The van der Waals surface area contributed by atoms with Crippen LogP contribution in [0.15, 0.2) is 24.3 Å². The van der Waals surface area contributed by atoms with Gasteiger partial charge in [0, 0.05) is 30.3 Å². The van der Waals surface area contributed by atoms with E-state index in [4.69, 9.17) is 23.2 Å². The normalized spacial score (nSPS) is 16.3. The zero-order valence-corrected chi connectivity index (χ0v) is 17.5. The summed E-state index contributed by atoms with van der Waals surface area (Å²) in [6.45, 7) is 6.31. The molecule has 1 atom stereocenters. The van der Waals surface area contributed by atoms with Crippen molar-refractivity contribution in [2.75, 3.05) is 30.8 Å². The van der Waals surface area contributed by atoms with Crippen molar-refractivity contribution in [1.82, 2.24) is 10.2 Å². The van der Waals surface area contributed by atoms with Gasteiger partial charge in [-0.15, -0.1) is 11.6 Å². The standard InChI is InChI=1S/C20H29Cl2N3O2/c1-14(2)11-18(24-17-5-3-16(22)4-6-17)20(27)25-9-7-15(8-10-25)13-23-19(26)12-21/h3-6,14-15,18,24H,7-13H2,1-2H3,(H,23,26)/t18-/m0/s1. The van der Waals surface area contributed by atoms with Gasteiger partial charge in [0.25, 0.3) is 0 Å². The predicted octanol–water partition coefficient (Wildman–Crippen LogP) is 3.76. The topological polar surface area (TPSA) is 61.4 Å². The number of carbonyl (C=O) groups excluding carboxylic acids is 2. The summed E-state index contributed by atoms with van der Waals surface area (Å²) in [5.74, 6) is 0.794. The van der Waals surface area contributed by atoms with Gasteiger partial charge in [-0.2, -0.15) is 0 Å². The first kappa shape index (κ1) is 21.8. The third-order valence-electron chi connectivity index (χ3n) is 4.83. The molecular weight excluding hydrogens is 385 g/mol. The van der Waals surface area contributed by atoms with E-state index in [1.54, 1.807) is 0 Å². The van der Waals surface area contributed by atoms with Crippen LogP contribution < -0.4 is 10.6 Å². The number of piperidine rings is 1. The minimum atomic E-state index is -0.251. The second kappa shape index (κ2) is 10.8. The first-order valence-corrected chi connectivity index (χ1v) is 10.4. The molecule has 0 aromatic heterocycles. The van der Waals surface area contributed by atoms with Crippen molar-refractivity contribution in [3.63, 3.8) is 0 Å². The fraction of sp³-hybridized carbons (Fsp3) is 0.600. The number of anilines is 1. The van der Waals surface area contributed by atoms with Crippen molar-refractivity contribution in [3.8, 4) is 0 Å². The second-order valence-corrected chi connectivity index (χ2v) is 8.24. The number of rotatable bonds is 8. The van der Waals surface area contributed by atoms with Crippen molar-refractivity contribution in [2.45, 2.75) is 39.2 Å². The molecule has 27 heavy (non-hydrogen) atoms. The largest absolute Gasteiger partial charge is 0.374 e. The summed E-state index contributed by atoms with van der Waals surface area (Å²) in [7, 11) is 0. The maximum Gasteiger partial charge on any atom is 0.245 e. The molecule has 0 bridgehead atoms. The Hall–Kier alpha value is -1.46. The Morgan fingerprint density at radius 3 is 2.37 bits per heavy atom. The molecule has 1 aromatic carbocycles. The molecule has 1 aromatic rings. The molecule has 1 fully saturated rings. The Morgan fingerprint density at radius 2 is 1.81 bits per heavy atom. The highest BCUT2D eigenvalue weighted by Crippen LogP contribution is 2.21. The first-order valence-electron chi connectivity index (χ1n) is 9.52. The van der Waals surface area contributed by atoms with Crippen molar-refractivity contribution < 1.29 is 9.59 Å². The molecule has 1 saturated heterocycles. The summed E-state index contributed by atoms with van der Waals surface area (Å²) in [5.41, 5.74) is 0.900. The number of hydrogen-bond acceptors (Lipinski definition) is 3. The van der Waals surface area contributed by atoms with Crippen molar-refractivity contribution in [1.29, 1.82) is 0 Å². The van der Waals surface area contributed by atoms with Gasteiger partial charge in [-0.25, -0.2) is 0 Å². The predicted molar refractivity (Wildman–Crippen MR) is 111 cm³/mol. The molecule has 7 heteroatoms. The highest BCUT2D eigenvalue weighted by molar-refractivity contribution is 6.30. The molecule has 1 aliphatic heterocycles. The molecule has 1 heterocycles. The Kier molecular flexibility index (Phi) is 8.71. The molecule has 0 spiro atoms. The minimum Gasteiger partial charge on any atom is -0.374 e. The summed E-state index contributed by atoms with van der Waals surface area (Å²) in [6.07, 6.45) is 2.56. The van der Waals surface area contributed by atoms with Crippen LogP contribution in [-0.2, 0) is 9.59 Å². The minimum absolute atomic E-state index is 0.00934. The van der Waals surface area contributed by atoms with E-state index < -0.39 is 0 Å². The van der Waals surface area contributed by atoms with Gasteiger partial charge in [0.2, 0.25) is 11.8 Å². The average Bonchev–Trinajstić information content (AvgIpc) is 2.66. The van der Waals surface area contributed by atoms with Gasteiger partial charge in [0.05, 0.1) is 0 Å². The number of nitrogens with zero attached hydrogens (tertiary/aromatic N) is 1. The Morgan fingerprint density at radius 1 is 1.19 bits per heavy atom. The smallest absolute Gasteiger partial charge is 0.245 e. The van der Waals surface area contributed by atoms with E-state index in [0.717, 1.165) is 38.0 Å². The molecule has 0 unspecified atom stereocenters. The lowest BCUT2D eigenvalue weighted by molar-refractivity contribution is -0.134. The number of likely N-dealkylation sites (tertiary alicyclic amines) is 1. The molecule has 2 N–H and O–H groups in total. The van der Waals surface area contributed by atoms with E-state index >= 15 is 0 Å². The van der Waals surface area contributed by atoms with Crippen molar-refractivity contribution in [3.05, 3.63) is 29.3 Å². The maximum absolute atomic E-state index is 13.1. The lowest BCUT2D eigenvalue weighted by atomic mass is 9.95. The van der Waals surface area contributed by atoms with Crippen LogP contribution in [-0.4, -0.2) is 48.3 Å². The van der Waals surface area contributed by atoms with E-state index in [1.165, 1.54) is 0 Å². The number of hydrogen-bond donors (Lipinski definition) is 2. The van der Waals surface area contributed by atoms with Crippen LogP contribution in [0.5, 0.6) is 0 Å². The summed E-state index contributed by atoms with van der Waals surface area (Å²) >= 11 is 11.5. The van der Waals surface area contributed by atoms with Gasteiger partial charge in [0.15, 0.2) is 0 Å². The first-order chi connectivity index (χ1) is 12.9. The summed E-state index contributed by atoms with van der Waals surface area (Å²) in [6, 6.07) is 7.19. The summed E-state index contributed by atoms with van der Waals surface area (Å²) in [5, 5.41) is 6.88. The highest BCUT2D eigenvalue weighted by atomic mass is 35.5. The lowest BCUT2D eigenvalue weighted by Crippen LogP contribution is -2.48. The van der Waals surface area contributed by atoms with E-state index in [2.05, 4.69) is 24.5 Å². The van der Waals surface area contributed by atoms with E-state index in [9.17, 15) is 9.59 Å². The third-order valence-corrected chi connectivity index (χ3v) is 5.32. The SMILES string of the molecule is CC(C)C[C@H](Nc1ccc(Cl)cc1)C(=O)N1CCC(CNC(=O)CCl)CC1. The molecule has 2 rings (SSSR count). The Balaban J connectivity index is 1.91. The second-order valence-electron chi connectivity index (χ2n) is 7.54. The average molecular weight is 414 g/mol. The molecule has 1 aliphatic rings. The van der Waals surface area contributed by atoms with Crippen molar-refractivity contribution in [2.24, 2.45) is 11.8 Å².